The number of hydrogen-bond donors (Lipinski definition) is 2. The smallest absolute Gasteiger partial charge is 0.279 e. The van der Waals surface area contributed by atoms with Gasteiger partial charge >= 0.3 is 0 Å². The number of rotatable bonds is 10. The Morgan fingerprint density at radius 3 is 2.20 bits per heavy atom. The Morgan fingerprint density at radius 2 is 1.63 bits per heavy atom. The number of anilines is 1. The van der Waals surface area contributed by atoms with E-state index in [-0.39, 0.29) is 5.75 Å². The summed E-state index contributed by atoms with van der Waals surface area (Å²) in [6, 6.07) is 13.6. The normalized spacial score (nSPS) is 14.5. The van der Waals surface area contributed by atoms with Gasteiger partial charge in [0, 0.05) is 26.3 Å². The SMILES string of the molecule is CCCS(=O)(=O)Nc1cccc(-c2ccc(C(C)(F)CNS(=O)(=O)N(C)C)cc2)c1. The highest BCUT2D eigenvalue weighted by Crippen LogP contribution is 2.29. The van der Waals surface area contributed by atoms with Gasteiger partial charge in [-0.05, 0) is 42.2 Å². The average molecular weight is 458 g/mol. The molecule has 2 aromatic rings. The van der Waals surface area contributed by atoms with Gasteiger partial charge < -0.3 is 0 Å². The lowest BCUT2D eigenvalue weighted by Gasteiger charge is -2.23. The Hall–Kier alpha value is -2.01. The Bertz CT molecular complexity index is 1070. The van der Waals surface area contributed by atoms with Crippen molar-refractivity contribution in [3.8, 4) is 11.1 Å². The molecule has 0 fully saturated rings. The molecule has 2 rings (SSSR count). The largest absolute Gasteiger partial charge is 0.284 e. The number of halogens is 1. The first-order chi connectivity index (χ1) is 13.9. The van der Waals surface area contributed by atoms with Crippen LogP contribution >= 0.6 is 0 Å². The molecule has 0 aliphatic heterocycles. The van der Waals surface area contributed by atoms with Gasteiger partial charge in [0.1, 0.15) is 5.67 Å². The average Bonchev–Trinajstić information content (AvgIpc) is 2.66. The summed E-state index contributed by atoms with van der Waals surface area (Å²) in [5.74, 6) is 0.0403. The van der Waals surface area contributed by atoms with Gasteiger partial charge in [-0.15, -0.1) is 0 Å². The summed E-state index contributed by atoms with van der Waals surface area (Å²) in [6.45, 7) is 2.70. The molecule has 0 spiro atoms. The summed E-state index contributed by atoms with van der Waals surface area (Å²) in [6.07, 6.45) is 0.517. The van der Waals surface area contributed by atoms with Crippen molar-refractivity contribution in [3.63, 3.8) is 0 Å². The van der Waals surface area contributed by atoms with Crippen molar-refractivity contribution in [2.45, 2.75) is 25.9 Å². The lowest BCUT2D eigenvalue weighted by atomic mass is 9.95. The van der Waals surface area contributed by atoms with Crippen LogP contribution in [-0.2, 0) is 25.9 Å². The van der Waals surface area contributed by atoms with Crippen LogP contribution in [0.15, 0.2) is 48.5 Å². The van der Waals surface area contributed by atoms with E-state index in [1.807, 2.05) is 6.07 Å². The van der Waals surface area contributed by atoms with Gasteiger partial charge in [0.2, 0.25) is 10.0 Å². The molecule has 0 saturated heterocycles. The second kappa shape index (κ2) is 9.42. The Labute approximate surface area is 178 Å². The fraction of sp³-hybridized carbons (Fsp3) is 0.400. The van der Waals surface area contributed by atoms with E-state index in [1.54, 1.807) is 49.4 Å². The van der Waals surface area contributed by atoms with Crippen LogP contribution in [0.1, 0.15) is 25.8 Å². The number of nitrogens with zero attached hydrogens (tertiary/aromatic N) is 1. The standard InChI is InChI=1S/C20H28FN3O4S2/c1-5-13-29(25,26)23-19-8-6-7-17(14-19)16-9-11-18(12-10-16)20(2,21)15-22-30(27,28)24(3)4/h6-12,14,22-23H,5,13,15H2,1-4H3. The predicted octanol–water partition coefficient (Wildman–Crippen LogP) is 3.09. The molecule has 1 unspecified atom stereocenters. The Morgan fingerprint density at radius 1 is 1.00 bits per heavy atom. The molecule has 0 heterocycles. The first-order valence-electron chi connectivity index (χ1n) is 9.44. The molecule has 0 radical (unpaired) electrons. The van der Waals surface area contributed by atoms with E-state index in [1.165, 1.54) is 21.0 Å². The van der Waals surface area contributed by atoms with E-state index < -0.39 is 32.4 Å². The summed E-state index contributed by atoms with van der Waals surface area (Å²) in [5, 5.41) is 0. The van der Waals surface area contributed by atoms with Crippen molar-refractivity contribution in [1.82, 2.24) is 9.03 Å². The van der Waals surface area contributed by atoms with Gasteiger partial charge in [0.15, 0.2) is 0 Å². The van der Waals surface area contributed by atoms with Crippen LogP contribution in [0.25, 0.3) is 11.1 Å². The third-order valence-corrected chi connectivity index (χ3v) is 7.46. The van der Waals surface area contributed by atoms with Gasteiger partial charge in [-0.3, -0.25) is 4.72 Å². The molecule has 0 aliphatic rings. The lowest BCUT2D eigenvalue weighted by Crippen LogP contribution is -2.41. The second-order valence-corrected chi connectivity index (χ2v) is 11.2. The summed E-state index contributed by atoms with van der Waals surface area (Å²) >= 11 is 0. The monoisotopic (exact) mass is 457 g/mol. The number of sulfonamides is 1. The summed E-state index contributed by atoms with van der Waals surface area (Å²) < 4.78 is 68.4. The van der Waals surface area contributed by atoms with Crippen molar-refractivity contribution >= 4 is 25.9 Å². The van der Waals surface area contributed by atoms with Crippen molar-refractivity contribution in [2.24, 2.45) is 0 Å². The molecule has 10 heteroatoms. The molecule has 2 N–H and O–H groups in total. The molecule has 166 valence electrons. The van der Waals surface area contributed by atoms with Crippen LogP contribution in [0.4, 0.5) is 10.1 Å². The molecule has 0 saturated carbocycles. The zero-order valence-electron chi connectivity index (χ0n) is 17.5. The predicted molar refractivity (Wildman–Crippen MR) is 119 cm³/mol. The number of hydrogen-bond acceptors (Lipinski definition) is 4. The van der Waals surface area contributed by atoms with Crippen LogP contribution in [0.2, 0.25) is 0 Å². The molecule has 7 nitrogen and oxygen atoms in total. The van der Waals surface area contributed by atoms with Crippen LogP contribution < -0.4 is 9.44 Å². The van der Waals surface area contributed by atoms with Crippen LogP contribution in [0, 0.1) is 0 Å². The van der Waals surface area contributed by atoms with Crippen LogP contribution in [0.3, 0.4) is 0 Å². The van der Waals surface area contributed by atoms with E-state index >= 15 is 4.39 Å². The highest BCUT2D eigenvalue weighted by Gasteiger charge is 2.28. The molecule has 30 heavy (non-hydrogen) atoms. The minimum Gasteiger partial charge on any atom is -0.284 e. The third kappa shape index (κ3) is 6.49. The quantitative estimate of drug-likeness (QED) is 0.573. The third-order valence-electron chi connectivity index (χ3n) is 4.50. The van der Waals surface area contributed by atoms with Crippen LogP contribution in [0.5, 0.6) is 0 Å². The first-order valence-corrected chi connectivity index (χ1v) is 12.5. The molecule has 0 bridgehead atoms. The van der Waals surface area contributed by atoms with Gasteiger partial charge in [-0.2, -0.15) is 17.4 Å². The van der Waals surface area contributed by atoms with Gasteiger partial charge in [-0.1, -0.05) is 43.3 Å². The lowest BCUT2D eigenvalue weighted by molar-refractivity contribution is 0.196. The molecule has 1 atom stereocenters. The maximum Gasteiger partial charge on any atom is 0.279 e. The van der Waals surface area contributed by atoms with Crippen molar-refractivity contribution in [2.75, 3.05) is 31.1 Å². The minimum atomic E-state index is -3.73. The summed E-state index contributed by atoms with van der Waals surface area (Å²) in [7, 11) is -4.39. The second-order valence-electron chi connectivity index (χ2n) is 7.39. The Balaban J connectivity index is 2.18. The molecular formula is C20H28FN3O4S2. The van der Waals surface area contributed by atoms with Gasteiger partial charge in [-0.25, -0.2) is 12.8 Å². The van der Waals surface area contributed by atoms with Crippen LogP contribution in [-0.4, -0.2) is 47.5 Å². The fourth-order valence-corrected chi connectivity index (χ4v) is 4.57. The maximum absolute atomic E-state index is 15.1. The zero-order chi connectivity index (χ0) is 22.6. The van der Waals surface area contributed by atoms with E-state index in [0.717, 1.165) is 15.4 Å². The van der Waals surface area contributed by atoms with Gasteiger partial charge in [0.25, 0.3) is 10.2 Å². The summed E-state index contributed by atoms with van der Waals surface area (Å²) in [4.78, 5) is 0. The van der Waals surface area contributed by atoms with Crippen molar-refractivity contribution in [3.05, 3.63) is 54.1 Å². The van der Waals surface area contributed by atoms with E-state index in [0.29, 0.717) is 17.7 Å². The number of benzene rings is 2. The number of nitrogens with one attached hydrogen (secondary N) is 2. The number of alkyl halides is 1. The van der Waals surface area contributed by atoms with Crippen molar-refractivity contribution < 1.29 is 21.2 Å². The first kappa shape index (κ1) is 24.3. The summed E-state index contributed by atoms with van der Waals surface area (Å²) in [5.41, 5.74) is 0.428. The molecular weight excluding hydrogens is 429 g/mol. The van der Waals surface area contributed by atoms with Gasteiger partial charge in [0.05, 0.1) is 5.75 Å². The fourth-order valence-electron chi connectivity index (χ4n) is 2.73. The van der Waals surface area contributed by atoms with E-state index in [2.05, 4.69) is 9.44 Å². The maximum atomic E-state index is 15.1. The molecule has 2 aromatic carbocycles. The molecule has 0 aliphatic carbocycles. The highest BCUT2D eigenvalue weighted by molar-refractivity contribution is 7.92. The molecule has 0 amide bonds. The molecule has 0 aromatic heterocycles. The highest BCUT2D eigenvalue weighted by atomic mass is 32.2. The van der Waals surface area contributed by atoms with E-state index in [4.69, 9.17) is 0 Å². The van der Waals surface area contributed by atoms with Crippen molar-refractivity contribution in [1.29, 1.82) is 0 Å². The zero-order valence-corrected chi connectivity index (χ0v) is 19.1. The topological polar surface area (TPSA) is 95.6 Å². The van der Waals surface area contributed by atoms with E-state index in [9.17, 15) is 16.8 Å². The minimum absolute atomic E-state index is 0.0403. The Kier molecular flexibility index (Phi) is 7.62.